The maximum absolute atomic E-state index is 5.78. The highest BCUT2D eigenvalue weighted by Gasteiger charge is 2.09. The van der Waals surface area contributed by atoms with Crippen molar-refractivity contribution in [3.05, 3.63) is 53.4 Å². The molecule has 0 aliphatic heterocycles. The van der Waals surface area contributed by atoms with Crippen molar-refractivity contribution in [2.45, 2.75) is 13.3 Å². The first-order chi connectivity index (χ1) is 10.2. The summed E-state index contributed by atoms with van der Waals surface area (Å²) in [5.41, 5.74) is 3.91. The number of methoxy groups -OCH3 is 2. The van der Waals surface area contributed by atoms with Gasteiger partial charge in [0.05, 0.1) is 14.2 Å². The molecule has 108 valence electrons. The van der Waals surface area contributed by atoms with Crippen LogP contribution < -0.4 is 9.47 Å². The van der Waals surface area contributed by atoms with Crippen molar-refractivity contribution in [3.63, 3.8) is 0 Å². The number of rotatable bonds is 4. The van der Waals surface area contributed by atoms with Crippen LogP contribution in [-0.2, 0) is 6.42 Å². The molecule has 0 N–H and O–H groups in total. The molecule has 3 rings (SSSR count). The lowest BCUT2D eigenvalue weighted by Crippen LogP contribution is -1.93. The molecule has 0 aliphatic carbocycles. The summed E-state index contributed by atoms with van der Waals surface area (Å²) in [4.78, 5) is 4.53. The van der Waals surface area contributed by atoms with Crippen molar-refractivity contribution in [2.75, 3.05) is 14.2 Å². The van der Waals surface area contributed by atoms with Crippen LogP contribution >= 0.6 is 0 Å². The van der Waals surface area contributed by atoms with Crippen LogP contribution in [0.3, 0.4) is 0 Å². The Labute approximate surface area is 123 Å². The van der Waals surface area contributed by atoms with E-state index in [2.05, 4.69) is 4.98 Å². The largest absolute Gasteiger partial charge is 0.497 e. The van der Waals surface area contributed by atoms with Gasteiger partial charge >= 0.3 is 0 Å². The number of hydrogen-bond donors (Lipinski definition) is 0. The first-order valence-corrected chi connectivity index (χ1v) is 6.76. The van der Waals surface area contributed by atoms with E-state index in [4.69, 9.17) is 13.9 Å². The van der Waals surface area contributed by atoms with Gasteiger partial charge in [0.25, 0.3) is 0 Å². The standard InChI is InChI=1S/C17H17NO3/c1-11-4-5-16-15(6-11)18-17(21-16)9-12-7-13(19-2)10-14(8-12)20-3/h4-8,10H,9H2,1-3H3. The summed E-state index contributed by atoms with van der Waals surface area (Å²) in [5.74, 6) is 2.21. The number of benzene rings is 2. The van der Waals surface area contributed by atoms with E-state index < -0.39 is 0 Å². The SMILES string of the molecule is COc1cc(Cc2nc3cc(C)ccc3o2)cc(OC)c1. The number of fused-ring (bicyclic) bond motifs is 1. The van der Waals surface area contributed by atoms with Crippen LogP contribution in [0.4, 0.5) is 0 Å². The Morgan fingerprint density at radius 1 is 1.00 bits per heavy atom. The van der Waals surface area contributed by atoms with E-state index in [1.807, 2.05) is 43.3 Å². The van der Waals surface area contributed by atoms with Gasteiger partial charge in [-0.15, -0.1) is 0 Å². The summed E-state index contributed by atoms with van der Waals surface area (Å²) < 4.78 is 16.3. The Bertz CT molecular complexity index is 755. The zero-order valence-corrected chi connectivity index (χ0v) is 12.3. The zero-order valence-electron chi connectivity index (χ0n) is 12.3. The molecule has 4 heteroatoms. The predicted octanol–water partition coefficient (Wildman–Crippen LogP) is 3.74. The van der Waals surface area contributed by atoms with E-state index in [1.165, 1.54) is 5.56 Å². The number of nitrogens with zero attached hydrogens (tertiary/aromatic N) is 1. The van der Waals surface area contributed by atoms with Crippen LogP contribution in [0.5, 0.6) is 11.5 Å². The normalized spacial score (nSPS) is 10.8. The summed E-state index contributed by atoms with van der Waals surface area (Å²) in [6.45, 7) is 2.04. The van der Waals surface area contributed by atoms with Crippen LogP contribution in [0.25, 0.3) is 11.1 Å². The number of aromatic nitrogens is 1. The van der Waals surface area contributed by atoms with E-state index >= 15 is 0 Å². The summed E-state index contributed by atoms with van der Waals surface area (Å²) >= 11 is 0. The molecule has 0 amide bonds. The highest BCUT2D eigenvalue weighted by Crippen LogP contribution is 2.25. The number of oxazole rings is 1. The Morgan fingerprint density at radius 3 is 2.38 bits per heavy atom. The van der Waals surface area contributed by atoms with Gasteiger partial charge in [-0.3, -0.25) is 0 Å². The second-order valence-corrected chi connectivity index (χ2v) is 4.98. The van der Waals surface area contributed by atoms with Crippen LogP contribution in [0, 0.1) is 6.92 Å². The minimum Gasteiger partial charge on any atom is -0.497 e. The first kappa shape index (κ1) is 13.5. The van der Waals surface area contributed by atoms with Crippen molar-refractivity contribution < 1.29 is 13.9 Å². The minimum absolute atomic E-state index is 0.598. The molecule has 1 aromatic heterocycles. The molecule has 0 fully saturated rings. The fourth-order valence-electron chi connectivity index (χ4n) is 2.30. The molecule has 0 aliphatic rings. The zero-order chi connectivity index (χ0) is 14.8. The lowest BCUT2D eigenvalue weighted by molar-refractivity contribution is 0.393. The molecular weight excluding hydrogens is 266 g/mol. The van der Waals surface area contributed by atoms with Crippen molar-refractivity contribution in [1.29, 1.82) is 0 Å². The van der Waals surface area contributed by atoms with Gasteiger partial charge in [0.15, 0.2) is 11.5 Å². The first-order valence-electron chi connectivity index (χ1n) is 6.76. The van der Waals surface area contributed by atoms with Crippen LogP contribution in [0.1, 0.15) is 17.0 Å². The van der Waals surface area contributed by atoms with Gasteiger partial charge in [-0.05, 0) is 42.3 Å². The highest BCUT2D eigenvalue weighted by atomic mass is 16.5. The fourth-order valence-corrected chi connectivity index (χ4v) is 2.30. The number of ether oxygens (including phenoxy) is 2. The van der Waals surface area contributed by atoms with Crippen molar-refractivity contribution in [3.8, 4) is 11.5 Å². The van der Waals surface area contributed by atoms with Crippen molar-refractivity contribution >= 4 is 11.1 Å². The third-order valence-electron chi connectivity index (χ3n) is 3.35. The topological polar surface area (TPSA) is 44.5 Å². The van der Waals surface area contributed by atoms with Crippen LogP contribution in [0.2, 0.25) is 0 Å². The third-order valence-corrected chi connectivity index (χ3v) is 3.35. The molecule has 21 heavy (non-hydrogen) atoms. The van der Waals surface area contributed by atoms with Gasteiger partial charge in [0, 0.05) is 12.5 Å². The Kier molecular flexibility index (Phi) is 3.52. The van der Waals surface area contributed by atoms with E-state index in [1.54, 1.807) is 14.2 Å². The predicted molar refractivity (Wildman–Crippen MR) is 81.1 cm³/mol. The lowest BCUT2D eigenvalue weighted by atomic mass is 10.1. The van der Waals surface area contributed by atoms with Gasteiger partial charge in [-0.2, -0.15) is 0 Å². The van der Waals surface area contributed by atoms with Gasteiger partial charge in [0.2, 0.25) is 0 Å². The van der Waals surface area contributed by atoms with E-state index in [0.717, 1.165) is 28.2 Å². The smallest absolute Gasteiger partial charge is 0.199 e. The third kappa shape index (κ3) is 2.84. The van der Waals surface area contributed by atoms with E-state index in [9.17, 15) is 0 Å². The highest BCUT2D eigenvalue weighted by molar-refractivity contribution is 5.73. The quantitative estimate of drug-likeness (QED) is 0.731. The number of hydrogen-bond acceptors (Lipinski definition) is 4. The molecule has 1 heterocycles. The second kappa shape index (κ2) is 5.48. The molecule has 0 bridgehead atoms. The maximum atomic E-state index is 5.78. The molecular formula is C17H17NO3. The fraction of sp³-hybridized carbons (Fsp3) is 0.235. The van der Waals surface area contributed by atoms with Gasteiger partial charge in [-0.25, -0.2) is 4.98 Å². The van der Waals surface area contributed by atoms with E-state index in [0.29, 0.717) is 12.3 Å². The lowest BCUT2D eigenvalue weighted by Gasteiger charge is -2.07. The summed E-state index contributed by atoms with van der Waals surface area (Å²) in [5, 5.41) is 0. The van der Waals surface area contributed by atoms with E-state index in [-0.39, 0.29) is 0 Å². The molecule has 4 nitrogen and oxygen atoms in total. The average molecular weight is 283 g/mol. The molecule has 2 aromatic carbocycles. The second-order valence-electron chi connectivity index (χ2n) is 4.98. The van der Waals surface area contributed by atoms with Gasteiger partial charge in [-0.1, -0.05) is 6.07 Å². The van der Waals surface area contributed by atoms with Gasteiger partial charge in [0.1, 0.15) is 17.0 Å². The molecule has 3 aromatic rings. The van der Waals surface area contributed by atoms with Crippen LogP contribution in [-0.4, -0.2) is 19.2 Å². The molecule has 0 atom stereocenters. The van der Waals surface area contributed by atoms with Crippen molar-refractivity contribution in [1.82, 2.24) is 4.98 Å². The maximum Gasteiger partial charge on any atom is 0.199 e. The minimum atomic E-state index is 0.598. The Balaban J connectivity index is 1.94. The van der Waals surface area contributed by atoms with Crippen molar-refractivity contribution in [2.24, 2.45) is 0 Å². The molecule has 0 radical (unpaired) electrons. The summed E-state index contributed by atoms with van der Waals surface area (Å²) in [7, 11) is 3.28. The molecule has 0 unspecified atom stereocenters. The van der Waals surface area contributed by atoms with Crippen LogP contribution in [0.15, 0.2) is 40.8 Å². The molecule has 0 saturated carbocycles. The molecule has 0 spiro atoms. The number of aryl methyl sites for hydroxylation is 1. The monoisotopic (exact) mass is 283 g/mol. The molecule has 0 saturated heterocycles. The average Bonchev–Trinajstić information content (AvgIpc) is 2.87. The Hall–Kier alpha value is -2.49. The van der Waals surface area contributed by atoms with Gasteiger partial charge < -0.3 is 13.9 Å². The summed E-state index contributed by atoms with van der Waals surface area (Å²) in [6, 6.07) is 11.8. The Morgan fingerprint density at radius 2 is 1.71 bits per heavy atom. The summed E-state index contributed by atoms with van der Waals surface area (Å²) in [6.07, 6.45) is 0.598.